The van der Waals surface area contributed by atoms with Crippen molar-refractivity contribution in [1.82, 2.24) is 20.1 Å². The molecule has 0 unspecified atom stereocenters. The molecule has 0 spiro atoms. The number of fused-ring (bicyclic) bond motifs is 1. The Balaban J connectivity index is 1.23. The van der Waals surface area contributed by atoms with Crippen molar-refractivity contribution in [1.29, 1.82) is 0 Å². The molecule has 2 heterocycles. The Hall–Kier alpha value is -3.85. The van der Waals surface area contributed by atoms with Crippen molar-refractivity contribution in [2.75, 3.05) is 25.5 Å². The second-order valence-electron chi connectivity index (χ2n) is 7.85. The van der Waals surface area contributed by atoms with E-state index in [9.17, 15) is 9.18 Å². The average Bonchev–Trinajstić information content (AvgIpc) is 3.32. The number of hydrogen-bond acceptors (Lipinski definition) is 6. The van der Waals surface area contributed by atoms with Crippen molar-refractivity contribution in [3.63, 3.8) is 0 Å². The molecule has 1 aliphatic heterocycles. The highest BCUT2D eigenvalue weighted by Gasteiger charge is 2.17. The topological polar surface area (TPSA) is 78.3 Å². The van der Waals surface area contributed by atoms with E-state index < -0.39 is 0 Å². The lowest BCUT2D eigenvalue weighted by Gasteiger charge is -2.18. The maximum Gasteiger partial charge on any atom is 0.230 e. The van der Waals surface area contributed by atoms with Crippen LogP contribution >= 0.6 is 11.8 Å². The molecular formula is C26H23FN4O3S. The van der Waals surface area contributed by atoms with Crippen LogP contribution in [0.3, 0.4) is 0 Å². The predicted octanol–water partition coefficient (Wildman–Crippen LogP) is 4.30. The van der Waals surface area contributed by atoms with Crippen LogP contribution in [0, 0.1) is 5.82 Å². The number of amides is 1. The lowest BCUT2D eigenvalue weighted by Crippen LogP contribution is -2.27. The fraction of sp³-hybridized carbons (Fsp3) is 0.192. The molecule has 0 fully saturated rings. The minimum Gasteiger partial charge on any atom is -0.486 e. The molecule has 9 heteroatoms. The molecule has 0 saturated carbocycles. The summed E-state index contributed by atoms with van der Waals surface area (Å²) in [6.07, 6.45) is 0.678. The van der Waals surface area contributed by atoms with Crippen LogP contribution < -0.4 is 14.8 Å². The van der Waals surface area contributed by atoms with E-state index in [1.54, 1.807) is 12.1 Å². The number of carbonyl (C=O) groups excluding carboxylic acids is 1. The molecule has 0 radical (unpaired) electrons. The van der Waals surface area contributed by atoms with E-state index in [2.05, 4.69) is 15.5 Å². The third-order valence-corrected chi connectivity index (χ3v) is 6.35. The zero-order chi connectivity index (χ0) is 24.0. The molecule has 7 nitrogen and oxygen atoms in total. The molecule has 5 rings (SSSR count). The van der Waals surface area contributed by atoms with Gasteiger partial charge in [-0.05, 0) is 48.4 Å². The van der Waals surface area contributed by atoms with Crippen molar-refractivity contribution in [2.45, 2.75) is 11.6 Å². The zero-order valence-electron chi connectivity index (χ0n) is 18.8. The number of aromatic nitrogens is 3. The van der Waals surface area contributed by atoms with Crippen molar-refractivity contribution >= 4 is 17.7 Å². The van der Waals surface area contributed by atoms with E-state index in [4.69, 9.17) is 9.47 Å². The summed E-state index contributed by atoms with van der Waals surface area (Å²) in [5.74, 6) is 1.86. The van der Waals surface area contributed by atoms with Crippen molar-refractivity contribution in [3.8, 4) is 28.6 Å². The molecule has 1 N–H and O–H groups in total. The average molecular weight is 491 g/mol. The Morgan fingerprint density at radius 3 is 2.54 bits per heavy atom. The molecule has 0 saturated heterocycles. The van der Waals surface area contributed by atoms with Crippen LogP contribution in [0.1, 0.15) is 5.56 Å². The van der Waals surface area contributed by atoms with Crippen LogP contribution in [-0.4, -0.2) is 46.2 Å². The number of nitrogens with one attached hydrogen (secondary N) is 1. The van der Waals surface area contributed by atoms with Crippen LogP contribution in [0.15, 0.2) is 78.0 Å². The van der Waals surface area contributed by atoms with Gasteiger partial charge in [0.15, 0.2) is 22.5 Å². The summed E-state index contributed by atoms with van der Waals surface area (Å²) in [7, 11) is 0. The largest absolute Gasteiger partial charge is 0.486 e. The SMILES string of the molecule is O=C(CSc1nnc(-c2ccccc2)n1-c1ccc(F)cc1)NCCc1ccc2c(c1)OCCO2. The lowest BCUT2D eigenvalue weighted by atomic mass is 10.1. The van der Waals surface area contributed by atoms with Crippen LogP contribution in [0.25, 0.3) is 17.1 Å². The van der Waals surface area contributed by atoms with Gasteiger partial charge in [-0.25, -0.2) is 4.39 Å². The Labute approximate surface area is 206 Å². The molecule has 0 bridgehead atoms. The molecule has 4 aromatic rings. The molecule has 0 atom stereocenters. The van der Waals surface area contributed by atoms with Gasteiger partial charge in [0.25, 0.3) is 0 Å². The summed E-state index contributed by atoms with van der Waals surface area (Å²) in [6, 6.07) is 21.6. The van der Waals surface area contributed by atoms with Gasteiger partial charge >= 0.3 is 0 Å². The molecule has 178 valence electrons. The normalized spacial score (nSPS) is 12.4. The number of benzene rings is 3. The Kier molecular flexibility index (Phi) is 6.94. The molecule has 35 heavy (non-hydrogen) atoms. The third-order valence-electron chi connectivity index (χ3n) is 5.42. The highest BCUT2D eigenvalue weighted by Crippen LogP contribution is 2.31. The third kappa shape index (κ3) is 5.46. The number of ether oxygens (including phenoxy) is 2. The van der Waals surface area contributed by atoms with E-state index in [1.165, 1.54) is 23.9 Å². The molecular weight excluding hydrogens is 467 g/mol. The number of halogens is 1. The molecule has 3 aromatic carbocycles. The lowest BCUT2D eigenvalue weighted by molar-refractivity contribution is -0.118. The first-order valence-corrected chi connectivity index (χ1v) is 12.2. The maximum atomic E-state index is 13.5. The first kappa shape index (κ1) is 22.9. The second-order valence-corrected chi connectivity index (χ2v) is 8.79. The van der Waals surface area contributed by atoms with E-state index in [0.717, 1.165) is 28.3 Å². The quantitative estimate of drug-likeness (QED) is 0.371. The minimum atomic E-state index is -0.324. The number of thioether (sulfide) groups is 1. The van der Waals surface area contributed by atoms with Crippen LogP contribution in [0.5, 0.6) is 11.5 Å². The highest BCUT2D eigenvalue weighted by atomic mass is 32.2. The number of carbonyl (C=O) groups is 1. The van der Waals surface area contributed by atoms with Crippen molar-refractivity contribution in [3.05, 3.63) is 84.2 Å². The predicted molar refractivity (Wildman–Crippen MR) is 132 cm³/mol. The number of nitrogens with zero attached hydrogens (tertiary/aromatic N) is 3. The standard InChI is InChI=1S/C26H23FN4O3S/c27-20-7-9-21(10-8-20)31-25(19-4-2-1-3-5-19)29-30-26(31)35-17-24(32)28-13-12-18-6-11-22-23(16-18)34-15-14-33-22/h1-11,16H,12-15,17H2,(H,28,32). The summed E-state index contributed by atoms with van der Waals surface area (Å²) >= 11 is 1.28. The Morgan fingerprint density at radius 2 is 1.74 bits per heavy atom. The molecule has 0 aliphatic carbocycles. The maximum absolute atomic E-state index is 13.5. The Morgan fingerprint density at radius 1 is 0.971 bits per heavy atom. The van der Waals surface area contributed by atoms with E-state index in [-0.39, 0.29) is 17.5 Å². The first-order chi connectivity index (χ1) is 17.2. The summed E-state index contributed by atoms with van der Waals surface area (Å²) in [5, 5.41) is 12.2. The van der Waals surface area contributed by atoms with E-state index >= 15 is 0 Å². The van der Waals surface area contributed by atoms with Crippen molar-refractivity contribution in [2.24, 2.45) is 0 Å². The van der Waals surface area contributed by atoms with Gasteiger partial charge in [0.05, 0.1) is 5.75 Å². The molecule has 1 aliphatic rings. The fourth-order valence-corrected chi connectivity index (χ4v) is 4.51. The number of hydrogen-bond donors (Lipinski definition) is 1. The zero-order valence-corrected chi connectivity index (χ0v) is 19.6. The van der Waals surface area contributed by atoms with Gasteiger partial charge in [-0.3, -0.25) is 9.36 Å². The van der Waals surface area contributed by atoms with Crippen LogP contribution in [0.2, 0.25) is 0 Å². The second kappa shape index (κ2) is 10.6. The molecule has 1 aromatic heterocycles. The van der Waals surface area contributed by atoms with Gasteiger partial charge in [-0.15, -0.1) is 10.2 Å². The highest BCUT2D eigenvalue weighted by molar-refractivity contribution is 7.99. The number of rotatable bonds is 8. The van der Waals surface area contributed by atoms with Gasteiger partial charge in [0.1, 0.15) is 19.0 Å². The summed E-state index contributed by atoms with van der Waals surface area (Å²) in [6.45, 7) is 1.60. The van der Waals surface area contributed by atoms with Crippen molar-refractivity contribution < 1.29 is 18.7 Å². The summed E-state index contributed by atoms with van der Waals surface area (Å²) in [4.78, 5) is 12.5. The monoisotopic (exact) mass is 490 g/mol. The van der Waals surface area contributed by atoms with E-state index in [1.807, 2.05) is 53.1 Å². The van der Waals surface area contributed by atoms with Gasteiger partial charge in [0.2, 0.25) is 5.91 Å². The van der Waals surface area contributed by atoms with Crippen LogP contribution in [0.4, 0.5) is 4.39 Å². The van der Waals surface area contributed by atoms with Gasteiger partial charge in [-0.1, -0.05) is 48.2 Å². The molecule has 1 amide bonds. The smallest absolute Gasteiger partial charge is 0.230 e. The van der Waals surface area contributed by atoms with Gasteiger partial charge < -0.3 is 14.8 Å². The summed E-state index contributed by atoms with van der Waals surface area (Å²) < 4.78 is 26.5. The Bertz CT molecular complexity index is 1310. The minimum absolute atomic E-state index is 0.109. The van der Waals surface area contributed by atoms with E-state index in [0.29, 0.717) is 37.2 Å². The fourth-order valence-electron chi connectivity index (χ4n) is 3.73. The van der Waals surface area contributed by atoms with Gasteiger partial charge in [0, 0.05) is 17.8 Å². The van der Waals surface area contributed by atoms with Gasteiger partial charge in [-0.2, -0.15) is 0 Å². The van der Waals surface area contributed by atoms with Crippen LogP contribution in [-0.2, 0) is 11.2 Å². The first-order valence-electron chi connectivity index (χ1n) is 11.2. The summed E-state index contributed by atoms with van der Waals surface area (Å²) in [5.41, 5.74) is 2.66.